The van der Waals surface area contributed by atoms with Gasteiger partial charge in [0.15, 0.2) is 5.92 Å². The first-order valence-electron chi connectivity index (χ1n) is 6.35. The molecule has 100 valence electrons. The number of carbonyl (C=O) groups excluding carboxylic acids is 1. The van der Waals surface area contributed by atoms with Crippen molar-refractivity contribution >= 4 is 5.97 Å². The molecule has 2 aromatic rings. The number of benzene rings is 2. The number of esters is 1. The first kappa shape index (κ1) is 13.8. The van der Waals surface area contributed by atoms with Crippen LogP contribution in [0.25, 0.3) is 0 Å². The van der Waals surface area contributed by atoms with Crippen molar-refractivity contribution in [2.45, 2.75) is 5.92 Å². The maximum absolute atomic E-state index is 11.9. The number of hydrogen-bond acceptors (Lipinski definition) is 3. The molecule has 0 aliphatic rings. The Kier molecular flexibility index (Phi) is 4.52. The molecule has 0 spiro atoms. The first-order valence-corrected chi connectivity index (χ1v) is 6.35. The summed E-state index contributed by atoms with van der Waals surface area (Å²) in [7, 11) is 1.31. The highest BCUT2D eigenvalue weighted by atomic mass is 16.5. The molecule has 0 amide bonds. The van der Waals surface area contributed by atoms with Gasteiger partial charge in [0.2, 0.25) is 0 Å². The van der Waals surface area contributed by atoms with Gasteiger partial charge in [0.1, 0.15) is 0 Å². The van der Waals surface area contributed by atoms with Crippen molar-refractivity contribution in [2.75, 3.05) is 7.11 Å². The second kappa shape index (κ2) is 6.53. The lowest BCUT2D eigenvalue weighted by molar-refractivity contribution is -0.143. The SMILES string of the molecule is COC(=O)C(C#N)C(c1ccccc1)c1ccccc1. The third-order valence-corrected chi connectivity index (χ3v) is 3.24. The predicted molar refractivity (Wildman–Crippen MR) is 75.8 cm³/mol. The first-order chi connectivity index (χ1) is 9.77. The summed E-state index contributed by atoms with van der Waals surface area (Å²) in [4.78, 5) is 11.9. The molecule has 0 bridgehead atoms. The summed E-state index contributed by atoms with van der Waals surface area (Å²) in [6.45, 7) is 0. The predicted octanol–water partition coefficient (Wildman–Crippen LogP) is 3.13. The molecule has 3 heteroatoms. The van der Waals surface area contributed by atoms with Gasteiger partial charge in [-0.3, -0.25) is 4.79 Å². The van der Waals surface area contributed by atoms with Crippen LogP contribution < -0.4 is 0 Å². The summed E-state index contributed by atoms with van der Waals surface area (Å²) in [5.41, 5.74) is 1.85. The second-order valence-corrected chi connectivity index (χ2v) is 4.43. The topological polar surface area (TPSA) is 50.1 Å². The molecule has 0 aliphatic carbocycles. The normalized spacial score (nSPS) is 11.7. The molecular weight excluding hydrogens is 250 g/mol. The minimum Gasteiger partial charge on any atom is -0.468 e. The Bertz CT molecular complexity index is 562. The number of carbonyl (C=O) groups is 1. The van der Waals surface area contributed by atoms with Gasteiger partial charge in [-0.1, -0.05) is 60.7 Å². The monoisotopic (exact) mass is 265 g/mol. The Balaban J connectivity index is 2.50. The average molecular weight is 265 g/mol. The van der Waals surface area contributed by atoms with E-state index in [0.29, 0.717) is 0 Å². The minimum absolute atomic E-state index is 0.324. The fraction of sp³-hybridized carbons (Fsp3) is 0.176. The Morgan fingerprint density at radius 1 is 1.00 bits per heavy atom. The maximum atomic E-state index is 11.9. The highest BCUT2D eigenvalue weighted by Crippen LogP contribution is 2.32. The van der Waals surface area contributed by atoms with E-state index < -0.39 is 11.9 Å². The average Bonchev–Trinajstić information content (AvgIpc) is 2.53. The van der Waals surface area contributed by atoms with Crippen molar-refractivity contribution in [1.29, 1.82) is 5.26 Å². The highest BCUT2D eigenvalue weighted by Gasteiger charge is 2.31. The molecule has 0 radical (unpaired) electrons. The maximum Gasteiger partial charge on any atom is 0.324 e. The van der Waals surface area contributed by atoms with Gasteiger partial charge in [-0.25, -0.2) is 0 Å². The van der Waals surface area contributed by atoms with Crippen LogP contribution in [0.5, 0.6) is 0 Å². The third kappa shape index (κ3) is 2.86. The Morgan fingerprint density at radius 3 is 1.80 bits per heavy atom. The van der Waals surface area contributed by atoms with Crippen LogP contribution in [-0.2, 0) is 9.53 Å². The van der Waals surface area contributed by atoms with Crippen LogP contribution in [0.2, 0.25) is 0 Å². The molecule has 0 N–H and O–H groups in total. The summed E-state index contributed by atoms with van der Waals surface area (Å²) in [6, 6.07) is 21.2. The van der Waals surface area contributed by atoms with Crippen molar-refractivity contribution in [1.82, 2.24) is 0 Å². The lowest BCUT2D eigenvalue weighted by atomic mass is 9.81. The molecule has 1 atom stereocenters. The van der Waals surface area contributed by atoms with Gasteiger partial charge in [-0.15, -0.1) is 0 Å². The number of nitrogens with zero attached hydrogens (tertiary/aromatic N) is 1. The Morgan fingerprint density at radius 2 is 1.45 bits per heavy atom. The molecular formula is C17H15NO2. The van der Waals surface area contributed by atoms with E-state index in [1.165, 1.54) is 7.11 Å². The van der Waals surface area contributed by atoms with E-state index in [4.69, 9.17) is 4.74 Å². The zero-order valence-corrected chi connectivity index (χ0v) is 11.2. The third-order valence-electron chi connectivity index (χ3n) is 3.24. The van der Waals surface area contributed by atoms with Crippen LogP contribution in [0.4, 0.5) is 0 Å². The number of methoxy groups -OCH3 is 1. The van der Waals surface area contributed by atoms with Crippen molar-refractivity contribution in [3.05, 3.63) is 71.8 Å². The van der Waals surface area contributed by atoms with Gasteiger partial charge in [0.05, 0.1) is 13.2 Å². The molecule has 0 aliphatic heterocycles. The molecule has 0 heterocycles. The van der Waals surface area contributed by atoms with Crippen LogP contribution in [0, 0.1) is 17.2 Å². The van der Waals surface area contributed by atoms with Gasteiger partial charge >= 0.3 is 5.97 Å². The fourth-order valence-corrected chi connectivity index (χ4v) is 2.29. The van der Waals surface area contributed by atoms with Crippen LogP contribution >= 0.6 is 0 Å². The molecule has 0 aromatic heterocycles. The number of rotatable bonds is 4. The lowest BCUT2D eigenvalue weighted by Crippen LogP contribution is -2.23. The van der Waals surface area contributed by atoms with Gasteiger partial charge in [-0.05, 0) is 11.1 Å². The molecule has 0 saturated heterocycles. The van der Waals surface area contributed by atoms with E-state index in [0.717, 1.165) is 11.1 Å². The molecule has 3 nitrogen and oxygen atoms in total. The smallest absolute Gasteiger partial charge is 0.324 e. The number of nitriles is 1. The van der Waals surface area contributed by atoms with Gasteiger partial charge in [0.25, 0.3) is 0 Å². The number of ether oxygens (including phenoxy) is 1. The summed E-state index contributed by atoms with van der Waals surface area (Å²) in [5, 5.41) is 9.37. The largest absolute Gasteiger partial charge is 0.468 e. The molecule has 0 saturated carbocycles. The molecule has 1 unspecified atom stereocenters. The van der Waals surface area contributed by atoms with Gasteiger partial charge in [-0.2, -0.15) is 5.26 Å². The van der Waals surface area contributed by atoms with E-state index in [1.54, 1.807) is 0 Å². The van der Waals surface area contributed by atoms with E-state index in [9.17, 15) is 10.1 Å². The number of hydrogen-bond donors (Lipinski definition) is 0. The minimum atomic E-state index is -0.857. The molecule has 2 aromatic carbocycles. The van der Waals surface area contributed by atoms with Crippen LogP contribution in [0.1, 0.15) is 17.0 Å². The van der Waals surface area contributed by atoms with Gasteiger partial charge < -0.3 is 4.74 Å². The lowest BCUT2D eigenvalue weighted by Gasteiger charge is -2.21. The van der Waals surface area contributed by atoms with Crippen molar-refractivity contribution in [3.8, 4) is 6.07 Å². The molecule has 20 heavy (non-hydrogen) atoms. The zero-order valence-electron chi connectivity index (χ0n) is 11.2. The fourth-order valence-electron chi connectivity index (χ4n) is 2.29. The molecule has 0 fully saturated rings. The van der Waals surface area contributed by atoms with E-state index in [1.807, 2.05) is 60.7 Å². The van der Waals surface area contributed by atoms with E-state index in [2.05, 4.69) is 6.07 Å². The quantitative estimate of drug-likeness (QED) is 0.798. The van der Waals surface area contributed by atoms with Gasteiger partial charge in [0, 0.05) is 5.92 Å². The standard InChI is InChI=1S/C17H15NO2/c1-20-17(19)15(12-18)16(13-8-4-2-5-9-13)14-10-6-3-7-11-14/h2-11,15-16H,1H3. The van der Waals surface area contributed by atoms with E-state index >= 15 is 0 Å². The van der Waals surface area contributed by atoms with Crippen molar-refractivity contribution < 1.29 is 9.53 Å². The summed E-state index contributed by atoms with van der Waals surface area (Å²) in [6.07, 6.45) is 0. The summed E-state index contributed by atoms with van der Waals surface area (Å²) in [5.74, 6) is -1.69. The second-order valence-electron chi connectivity index (χ2n) is 4.43. The zero-order chi connectivity index (χ0) is 14.4. The van der Waals surface area contributed by atoms with Crippen LogP contribution in [-0.4, -0.2) is 13.1 Å². The van der Waals surface area contributed by atoms with E-state index in [-0.39, 0.29) is 5.92 Å². The highest BCUT2D eigenvalue weighted by molar-refractivity contribution is 5.77. The summed E-state index contributed by atoms with van der Waals surface area (Å²) >= 11 is 0. The van der Waals surface area contributed by atoms with Crippen molar-refractivity contribution in [3.63, 3.8) is 0 Å². The van der Waals surface area contributed by atoms with Crippen LogP contribution in [0.15, 0.2) is 60.7 Å². The summed E-state index contributed by atoms with van der Waals surface area (Å²) < 4.78 is 4.77. The van der Waals surface area contributed by atoms with Crippen LogP contribution in [0.3, 0.4) is 0 Å². The van der Waals surface area contributed by atoms with Crippen molar-refractivity contribution in [2.24, 2.45) is 5.92 Å². The molecule has 2 rings (SSSR count). The Labute approximate surface area is 118 Å². The Hall–Kier alpha value is -2.60.